The third kappa shape index (κ3) is 3.89. The zero-order valence-electron chi connectivity index (χ0n) is 10.6. The van der Waals surface area contributed by atoms with Crippen LogP contribution in [-0.4, -0.2) is 48.6 Å². The summed E-state index contributed by atoms with van der Waals surface area (Å²) in [5, 5.41) is 9.34. The number of carbonyl (C=O) groups is 1. The Morgan fingerprint density at radius 2 is 2.17 bits per heavy atom. The average molecular weight is 272 g/mol. The molecule has 1 aromatic rings. The Labute approximate surface area is 112 Å². The van der Waals surface area contributed by atoms with E-state index in [1.807, 2.05) is 0 Å². The van der Waals surface area contributed by atoms with Crippen LogP contribution in [0.25, 0.3) is 0 Å². The number of carbonyl (C=O) groups excluding carboxylic acids is 1. The number of amides is 1. The molecule has 0 aromatic heterocycles. The predicted octanol–water partition coefficient (Wildman–Crippen LogP) is 2.03. The maximum Gasteiger partial charge on any atom is 0.254 e. The number of aromatic hydroxyl groups is 1. The molecule has 0 aliphatic carbocycles. The largest absolute Gasteiger partial charge is 0.508 e. The minimum absolute atomic E-state index is 0.0924. The Bertz CT molecular complexity index is 409. The van der Waals surface area contributed by atoms with Crippen molar-refractivity contribution < 1.29 is 14.6 Å². The van der Waals surface area contributed by atoms with Gasteiger partial charge in [-0.1, -0.05) is 0 Å². The summed E-state index contributed by atoms with van der Waals surface area (Å²) in [4.78, 5) is 14.0. The summed E-state index contributed by atoms with van der Waals surface area (Å²) in [5.41, 5.74) is 1.33. The Balaban J connectivity index is 2.87. The Hall–Kier alpha value is -1.26. The fourth-order valence-corrected chi connectivity index (χ4v) is 1.88. The highest BCUT2D eigenvalue weighted by Crippen LogP contribution is 2.17. The van der Waals surface area contributed by atoms with E-state index in [4.69, 9.17) is 16.3 Å². The first-order valence-electron chi connectivity index (χ1n) is 5.74. The number of phenolic OH excluding ortho intramolecular Hbond substituents is 1. The number of methoxy groups -OCH3 is 1. The molecule has 0 heterocycles. The van der Waals surface area contributed by atoms with Crippen molar-refractivity contribution in [3.63, 3.8) is 0 Å². The lowest BCUT2D eigenvalue weighted by molar-refractivity contribution is 0.0707. The number of hydrogen-bond acceptors (Lipinski definition) is 3. The first-order valence-corrected chi connectivity index (χ1v) is 6.27. The number of phenols is 1. The van der Waals surface area contributed by atoms with Crippen molar-refractivity contribution in [2.45, 2.75) is 6.92 Å². The fourth-order valence-electron chi connectivity index (χ4n) is 1.68. The topological polar surface area (TPSA) is 49.8 Å². The van der Waals surface area contributed by atoms with Gasteiger partial charge >= 0.3 is 0 Å². The summed E-state index contributed by atoms with van der Waals surface area (Å²) >= 11 is 5.70. The number of hydrogen-bond donors (Lipinski definition) is 1. The fraction of sp³-hybridized carbons (Fsp3) is 0.462. The lowest BCUT2D eigenvalue weighted by Gasteiger charge is -2.22. The number of aryl methyl sites for hydroxylation is 1. The van der Waals surface area contributed by atoms with Crippen LogP contribution in [0.4, 0.5) is 0 Å². The van der Waals surface area contributed by atoms with Crippen LogP contribution in [0.2, 0.25) is 0 Å². The molecule has 1 aromatic carbocycles. The molecule has 0 aliphatic rings. The van der Waals surface area contributed by atoms with Gasteiger partial charge in [0.1, 0.15) is 5.75 Å². The highest BCUT2D eigenvalue weighted by Gasteiger charge is 2.17. The maximum absolute atomic E-state index is 12.3. The van der Waals surface area contributed by atoms with Gasteiger partial charge in [-0.05, 0) is 30.7 Å². The average Bonchev–Trinajstić information content (AvgIpc) is 2.33. The minimum atomic E-state index is -0.0924. The van der Waals surface area contributed by atoms with Crippen LogP contribution in [0, 0.1) is 6.92 Å². The van der Waals surface area contributed by atoms with Crippen molar-refractivity contribution in [2.75, 3.05) is 32.7 Å². The number of rotatable bonds is 6. The van der Waals surface area contributed by atoms with Gasteiger partial charge in [-0.3, -0.25) is 4.79 Å². The van der Waals surface area contributed by atoms with E-state index in [9.17, 15) is 9.90 Å². The summed E-state index contributed by atoms with van der Waals surface area (Å²) in [7, 11) is 1.59. The number of benzene rings is 1. The molecule has 0 spiro atoms. The monoisotopic (exact) mass is 271 g/mol. The van der Waals surface area contributed by atoms with E-state index >= 15 is 0 Å². The number of nitrogens with zero attached hydrogens (tertiary/aromatic N) is 1. The molecule has 1 N–H and O–H groups in total. The first kappa shape index (κ1) is 14.8. The van der Waals surface area contributed by atoms with Gasteiger partial charge in [0.2, 0.25) is 0 Å². The van der Waals surface area contributed by atoms with Crippen LogP contribution in [0.3, 0.4) is 0 Å². The van der Waals surface area contributed by atoms with Gasteiger partial charge in [-0.2, -0.15) is 0 Å². The quantitative estimate of drug-likeness (QED) is 0.806. The number of ether oxygens (including phenoxy) is 1. The molecule has 0 unspecified atom stereocenters. The van der Waals surface area contributed by atoms with Gasteiger partial charge in [0.25, 0.3) is 5.91 Å². The smallest absolute Gasteiger partial charge is 0.254 e. The lowest BCUT2D eigenvalue weighted by Crippen LogP contribution is -2.35. The number of alkyl halides is 1. The second kappa shape index (κ2) is 7.24. The molecule has 1 amide bonds. The second-order valence-electron chi connectivity index (χ2n) is 3.97. The summed E-state index contributed by atoms with van der Waals surface area (Å²) in [6.45, 7) is 3.24. The van der Waals surface area contributed by atoms with Gasteiger partial charge in [0.05, 0.1) is 6.61 Å². The Morgan fingerprint density at radius 3 is 2.72 bits per heavy atom. The molecule has 0 aliphatic heterocycles. The molecule has 0 atom stereocenters. The standard InChI is InChI=1S/C13H18ClNO3/c1-10-9-11(16)3-4-12(10)13(17)15(6-5-14)7-8-18-2/h3-4,9,16H,5-8H2,1-2H3. The highest BCUT2D eigenvalue weighted by atomic mass is 35.5. The molecule has 0 radical (unpaired) electrons. The van der Waals surface area contributed by atoms with Crippen LogP contribution in [-0.2, 0) is 4.74 Å². The van der Waals surface area contributed by atoms with E-state index in [0.29, 0.717) is 31.1 Å². The molecule has 4 nitrogen and oxygen atoms in total. The molecule has 100 valence electrons. The highest BCUT2D eigenvalue weighted by molar-refractivity contribution is 6.18. The minimum Gasteiger partial charge on any atom is -0.508 e. The summed E-state index contributed by atoms with van der Waals surface area (Å²) in [6.07, 6.45) is 0. The van der Waals surface area contributed by atoms with Crippen molar-refractivity contribution in [3.8, 4) is 5.75 Å². The van der Waals surface area contributed by atoms with E-state index < -0.39 is 0 Å². The van der Waals surface area contributed by atoms with Crippen LogP contribution in [0.5, 0.6) is 5.75 Å². The van der Waals surface area contributed by atoms with Crippen LogP contribution < -0.4 is 0 Å². The molecule has 5 heteroatoms. The van der Waals surface area contributed by atoms with Crippen molar-refractivity contribution in [1.29, 1.82) is 0 Å². The zero-order valence-corrected chi connectivity index (χ0v) is 11.4. The lowest BCUT2D eigenvalue weighted by atomic mass is 10.1. The van der Waals surface area contributed by atoms with Gasteiger partial charge in [-0.25, -0.2) is 0 Å². The number of halogens is 1. The summed E-state index contributed by atoms with van der Waals surface area (Å²) < 4.78 is 4.98. The summed E-state index contributed by atoms with van der Waals surface area (Å²) in [6, 6.07) is 4.71. The van der Waals surface area contributed by atoms with Gasteiger partial charge < -0.3 is 14.7 Å². The molecular formula is C13H18ClNO3. The summed E-state index contributed by atoms with van der Waals surface area (Å²) in [5.74, 6) is 0.446. The molecule has 0 saturated heterocycles. The Morgan fingerprint density at radius 1 is 1.44 bits per heavy atom. The third-order valence-corrected chi connectivity index (χ3v) is 2.82. The van der Waals surface area contributed by atoms with Gasteiger partial charge in [0, 0.05) is 31.6 Å². The van der Waals surface area contributed by atoms with E-state index in [-0.39, 0.29) is 11.7 Å². The second-order valence-corrected chi connectivity index (χ2v) is 4.35. The van der Waals surface area contributed by atoms with E-state index in [0.717, 1.165) is 5.56 Å². The van der Waals surface area contributed by atoms with Crippen molar-refractivity contribution in [2.24, 2.45) is 0 Å². The van der Waals surface area contributed by atoms with Gasteiger partial charge in [-0.15, -0.1) is 11.6 Å². The molecule has 1 rings (SSSR count). The third-order valence-electron chi connectivity index (χ3n) is 2.65. The van der Waals surface area contributed by atoms with E-state index in [1.165, 1.54) is 6.07 Å². The molecule has 0 bridgehead atoms. The predicted molar refractivity (Wildman–Crippen MR) is 71.3 cm³/mol. The molecule has 0 fully saturated rings. The Kier molecular flexibility index (Phi) is 5.95. The van der Waals surface area contributed by atoms with Crippen molar-refractivity contribution in [3.05, 3.63) is 29.3 Å². The zero-order chi connectivity index (χ0) is 13.5. The first-order chi connectivity index (χ1) is 8.60. The van der Waals surface area contributed by atoms with Crippen molar-refractivity contribution in [1.82, 2.24) is 4.90 Å². The van der Waals surface area contributed by atoms with Crippen LogP contribution in [0.1, 0.15) is 15.9 Å². The van der Waals surface area contributed by atoms with Crippen LogP contribution in [0.15, 0.2) is 18.2 Å². The molecule has 18 heavy (non-hydrogen) atoms. The molecular weight excluding hydrogens is 254 g/mol. The van der Waals surface area contributed by atoms with Crippen molar-refractivity contribution >= 4 is 17.5 Å². The SMILES string of the molecule is COCCN(CCCl)C(=O)c1ccc(O)cc1C. The van der Waals surface area contributed by atoms with Gasteiger partial charge in [0.15, 0.2) is 0 Å². The molecule has 0 saturated carbocycles. The maximum atomic E-state index is 12.3. The van der Waals surface area contributed by atoms with E-state index in [2.05, 4.69) is 0 Å². The van der Waals surface area contributed by atoms with E-state index in [1.54, 1.807) is 31.1 Å². The van der Waals surface area contributed by atoms with Crippen LogP contribution >= 0.6 is 11.6 Å². The normalized spacial score (nSPS) is 10.4.